The summed E-state index contributed by atoms with van der Waals surface area (Å²) in [5.41, 5.74) is 0. The first-order valence-corrected chi connectivity index (χ1v) is 4.10. The summed E-state index contributed by atoms with van der Waals surface area (Å²) in [5, 5.41) is 8.09. The molecule has 0 aromatic heterocycles. The average Bonchev–Trinajstić information content (AvgIpc) is 1.27. The third-order valence-corrected chi connectivity index (χ3v) is 1.24. The minimum absolute atomic E-state index is 0.0548. The van der Waals surface area contributed by atoms with Crippen molar-refractivity contribution in [3.8, 4) is 0 Å². The van der Waals surface area contributed by atoms with E-state index in [1.165, 1.54) is 0 Å². The summed E-state index contributed by atoms with van der Waals surface area (Å²) in [5.74, 6) is -0.395. The van der Waals surface area contributed by atoms with Gasteiger partial charge in [-0.1, -0.05) is 0 Å². The highest BCUT2D eigenvalue weighted by atomic mass is 32.2. The van der Waals surface area contributed by atoms with E-state index >= 15 is 0 Å². The van der Waals surface area contributed by atoms with Gasteiger partial charge in [0.15, 0.2) is 0 Å². The van der Waals surface area contributed by atoms with Gasteiger partial charge in [-0.2, -0.15) is 0 Å². The van der Waals surface area contributed by atoms with Crippen LogP contribution in [0.5, 0.6) is 0 Å². The average molecular weight is 121 g/mol. The summed E-state index contributed by atoms with van der Waals surface area (Å²) in [6.45, 7) is 0. The first-order valence-electron chi connectivity index (χ1n) is 1.89. The van der Waals surface area contributed by atoms with E-state index in [-0.39, 0.29) is 10.9 Å². The molecule has 0 saturated heterocycles. The molecule has 42 valence electrons. The molecule has 0 saturated carbocycles. The van der Waals surface area contributed by atoms with Crippen LogP contribution in [0.1, 0.15) is 0 Å². The maximum absolute atomic E-state index is 9.82. The van der Waals surface area contributed by atoms with Crippen molar-refractivity contribution in [2.24, 2.45) is 0 Å². The predicted octanol–water partition coefficient (Wildman–Crippen LogP) is -0.0511. The molecular weight excluding hydrogens is 112 g/mol. The zero-order valence-electron chi connectivity index (χ0n) is 4.47. The maximum Gasteiger partial charge on any atom is 0.353 e. The summed E-state index contributed by atoms with van der Waals surface area (Å²) >= 11 is 0. The first-order chi connectivity index (χ1) is 3.13. The number of hydrogen-bond acceptors (Lipinski definition) is 1. The number of hydrogen-bond donors (Lipinski definition) is 1. The Morgan fingerprint density at radius 2 is 2.14 bits per heavy atom. The van der Waals surface area contributed by atoms with Crippen LogP contribution in [0.2, 0.25) is 0 Å². The quantitative estimate of drug-likeness (QED) is 0.520. The fraction of sp³-hybridized carbons (Fsp3) is 0.750. The second kappa shape index (κ2) is 2.91. The van der Waals surface area contributed by atoms with Gasteiger partial charge >= 0.3 is 5.97 Å². The Kier molecular flexibility index (Phi) is 2.83. The molecule has 0 amide bonds. The van der Waals surface area contributed by atoms with Gasteiger partial charge in [-0.3, -0.25) is 0 Å². The van der Waals surface area contributed by atoms with Crippen molar-refractivity contribution in [3.05, 3.63) is 0 Å². The van der Waals surface area contributed by atoms with Crippen LogP contribution in [-0.4, -0.2) is 29.3 Å². The highest BCUT2D eigenvalue weighted by Crippen LogP contribution is 1.80. The predicted molar refractivity (Wildman–Crippen MR) is 31.7 cm³/mol. The molecule has 0 heterocycles. The number of rotatable bonds is 2. The molecule has 0 spiro atoms. The molecular formula is C4H9O2S+. The van der Waals surface area contributed by atoms with Crippen LogP contribution in [-0.2, 0) is 15.7 Å². The van der Waals surface area contributed by atoms with Gasteiger partial charge < -0.3 is 5.11 Å². The van der Waals surface area contributed by atoms with E-state index in [0.29, 0.717) is 5.75 Å². The summed E-state index contributed by atoms with van der Waals surface area (Å²) < 4.78 is 0. The van der Waals surface area contributed by atoms with Crippen molar-refractivity contribution in [3.63, 3.8) is 0 Å². The van der Waals surface area contributed by atoms with Crippen molar-refractivity contribution >= 4 is 16.9 Å². The zero-order chi connectivity index (χ0) is 5.86. The molecule has 0 bridgehead atoms. The van der Waals surface area contributed by atoms with E-state index in [2.05, 4.69) is 0 Å². The lowest BCUT2D eigenvalue weighted by molar-refractivity contribution is -0.133. The molecule has 0 radical (unpaired) electrons. The SMILES string of the molecule is C[S+](C)CC(=O)O. The molecule has 0 atom stereocenters. The number of carboxylic acids is 1. The zero-order valence-corrected chi connectivity index (χ0v) is 5.29. The molecule has 2 nitrogen and oxygen atoms in total. The van der Waals surface area contributed by atoms with Crippen LogP contribution in [0.3, 0.4) is 0 Å². The standard InChI is InChI=1S/C4H8O2S/c1-7(2)3-4(5)6/h3H2,1-2H3/p+1. The Labute approximate surface area is 45.9 Å². The monoisotopic (exact) mass is 121 g/mol. The lowest BCUT2D eigenvalue weighted by Crippen LogP contribution is -2.11. The van der Waals surface area contributed by atoms with Gasteiger partial charge in [-0.05, 0) is 10.9 Å². The van der Waals surface area contributed by atoms with Crippen molar-refractivity contribution in [2.45, 2.75) is 0 Å². The summed E-state index contributed by atoms with van der Waals surface area (Å²) in [6.07, 6.45) is 3.82. The molecule has 0 fully saturated rings. The van der Waals surface area contributed by atoms with Crippen molar-refractivity contribution in [1.82, 2.24) is 0 Å². The van der Waals surface area contributed by atoms with Crippen LogP contribution < -0.4 is 0 Å². The fourth-order valence-corrected chi connectivity index (χ4v) is 0.741. The topological polar surface area (TPSA) is 37.3 Å². The highest BCUT2D eigenvalue weighted by Gasteiger charge is 2.07. The Bertz CT molecular complexity index is 70.1. The maximum atomic E-state index is 9.82. The van der Waals surface area contributed by atoms with Crippen LogP contribution in [0.15, 0.2) is 0 Å². The number of carbonyl (C=O) groups is 1. The van der Waals surface area contributed by atoms with E-state index in [1.807, 2.05) is 12.5 Å². The summed E-state index contributed by atoms with van der Waals surface area (Å²) in [7, 11) is 0.0548. The molecule has 3 heteroatoms. The molecule has 0 aromatic rings. The van der Waals surface area contributed by atoms with Crippen molar-refractivity contribution in [2.75, 3.05) is 18.3 Å². The normalized spacial score (nSPS) is 9.57. The minimum Gasteiger partial charge on any atom is -0.478 e. The van der Waals surface area contributed by atoms with Gasteiger partial charge in [0, 0.05) is 0 Å². The highest BCUT2D eigenvalue weighted by molar-refractivity contribution is 7.96. The lowest BCUT2D eigenvalue weighted by Gasteiger charge is -1.86. The van der Waals surface area contributed by atoms with Crippen LogP contribution in [0.25, 0.3) is 0 Å². The molecule has 0 unspecified atom stereocenters. The van der Waals surface area contributed by atoms with Crippen molar-refractivity contribution in [1.29, 1.82) is 0 Å². The minimum atomic E-state index is -0.701. The molecule has 1 N–H and O–H groups in total. The van der Waals surface area contributed by atoms with Crippen LogP contribution in [0.4, 0.5) is 0 Å². The Morgan fingerprint density at radius 3 is 2.14 bits per heavy atom. The van der Waals surface area contributed by atoms with Gasteiger partial charge in [0.2, 0.25) is 5.75 Å². The largest absolute Gasteiger partial charge is 0.478 e. The summed E-state index contributed by atoms with van der Waals surface area (Å²) in [4.78, 5) is 9.82. The Hall–Kier alpha value is -0.180. The second-order valence-electron chi connectivity index (χ2n) is 1.52. The molecule has 0 aliphatic heterocycles. The third-order valence-electron chi connectivity index (χ3n) is 0.412. The molecule has 0 rings (SSSR count). The number of aliphatic carboxylic acids is 1. The summed E-state index contributed by atoms with van der Waals surface area (Å²) in [6, 6.07) is 0. The smallest absolute Gasteiger partial charge is 0.353 e. The number of carboxylic acid groups (broad SMARTS) is 1. The van der Waals surface area contributed by atoms with E-state index in [1.54, 1.807) is 0 Å². The van der Waals surface area contributed by atoms with Crippen LogP contribution >= 0.6 is 0 Å². The van der Waals surface area contributed by atoms with Crippen molar-refractivity contribution < 1.29 is 9.90 Å². The van der Waals surface area contributed by atoms with Gasteiger partial charge in [0.25, 0.3) is 0 Å². The van der Waals surface area contributed by atoms with Gasteiger partial charge in [-0.15, -0.1) is 0 Å². The fourth-order valence-electron chi connectivity index (χ4n) is 0.247. The molecule has 0 aliphatic rings. The van der Waals surface area contributed by atoms with Gasteiger partial charge in [0.1, 0.15) is 0 Å². The Morgan fingerprint density at radius 1 is 1.71 bits per heavy atom. The molecule has 0 aromatic carbocycles. The van der Waals surface area contributed by atoms with E-state index in [4.69, 9.17) is 5.11 Å². The van der Waals surface area contributed by atoms with E-state index < -0.39 is 5.97 Å². The third kappa shape index (κ3) is 5.82. The lowest BCUT2D eigenvalue weighted by atomic mass is 10.8. The Balaban J connectivity index is 3.13. The van der Waals surface area contributed by atoms with Gasteiger partial charge in [0.05, 0.1) is 12.5 Å². The van der Waals surface area contributed by atoms with E-state index in [9.17, 15) is 4.79 Å². The molecule has 7 heavy (non-hydrogen) atoms. The second-order valence-corrected chi connectivity index (χ2v) is 3.78. The van der Waals surface area contributed by atoms with E-state index in [0.717, 1.165) is 0 Å². The molecule has 0 aliphatic carbocycles. The van der Waals surface area contributed by atoms with Gasteiger partial charge in [-0.25, -0.2) is 4.79 Å². The van der Waals surface area contributed by atoms with Crippen LogP contribution in [0, 0.1) is 0 Å². The first kappa shape index (κ1) is 6.82.